The smallest absolute Gasteiger partial charge is 0.312 e. The molecule has 8 heteroatoms. The van der Waals surface area contributed by atoms with Gasteiger partial charge in [0.05, 0.1) is 11.1 Å². The first-order valence-electron chi connectivity index (χ1n) is 10.9. The van der Waals surface area contributed by atoms with E-state index in [0.29, 0.717) is 24.9 Å². The zero-order chi connectivity index (χ0) is 23.2. The minimum Gasteiger partial charge on any atom is -0.312 e. The largest absolute Gasteiger partial charge is 0.416 e. The fourth-order valence-electron chi connectivity index (χ4n) is 4.36. The van der Waals surface area contributed by atoms with Crippen molar-refractivity contribution in [3.05, 3.63) is 70.8 Å². The summed E-state index contributed by atoms with van der Waals surface area (Å²) in [5.41, 5.74) is -0.710. The molecule has 32 heavy (non-hydrogen) atoms. The Labute approximate surface area is 184 Å². The van der Waals surface area contributed by atoms with Gasteiger partial charge in [0, 0.05) is 13.1 Å². The summed E-state index contributed by atoms with van der Waals surface area (Å²) in [6.45, 7) is 1.67. The lowest BCUT2D eigenvalue weighted by atomic mass is 9.82. The van der Waals surface area contributed by atoms with Gasteiger partial charge in [-0.2, -0.15) is 26.3 Å². The second kappa shape index (κ2) is 10.7. The molecular weight excluding hydrogens is 430 g/mol. The topological polar surface area (TPSA) is 24.1 Å². The number of nitrogens with one attached hydrogen (secondary N) is 2. The van der Waals surface area contributed by atoms with Crippen LogP contribution in [0.25, 0.3) is 0 Å². The molecule has 0 radical (unpaired) electrons. The predicted molar refractivity (Wildman–Crippen MR) is 112 cm³/mol. The molecule has 0 spiro atoms. The third-order valence-corrected chi connectivity index (χ3v) is 6.11. The number of hydrogen-bond donors (Lipinski definition) is 2. The quantitative estimate of drug-likeness (QED) is 0.447. The van der Waals surface area contributed by atoms with Crippen molar-refractivity contribution in [3.63, 3.8) is 0 Å². The van der Waals surface area contributed by atoms with Crippen LogP contribution >= 0.6 is 0 Å². The fraction of sp³-hybridized carbons (Fsp3) is 0.500. The second-order valence-corrected chi connectivity index (χ2v) is 8.46. The molecule has 0 aromatic heterocycles. The number of benzene rings is 2. The molecule has 0 bridgehead atoms. The molecule has 1 aliphatic rings. The van der Waals surface area contributed by atoms with Gasteiger partial charge in [0.15, 0.2) is 0 Å². The molecule has 2 aromatic rings. The number of alkyl halides is 6. The first-order valence-corrected chi connectivity index (χ1v) is 10.9. The summed E-state index contributed by atoms with van der Waals surface area (Å²) in [5, 5.41) is 6.32. The van der Waals surface area contributed by atoms with E-state index in [1.807, 2.05) is 0 Å². The molecule has 0 aliphatic heterocycles. The highest BCUT2D eigenvalue weighted by atomic mass is 19.4. The van der Waals surface area contributed by atoms with Crippen molar-refractivity contribution in [3.8, 4) is 0 Å². The van der Waals surface area contributed by atoms with Crippen molar-refractivity contribution in [1.29, 1.82) is 0 Å². The molecule has 1 fully saturated rings. The normalized spacial score (nSPS) is 19.8. The van der Waals surface area contributed by atoms with Gasteiger partial charge < -0.3 is 10.6 Å². The maximum Gasteiger partial charge on any atom is 0.416 e. The van der Waals surface area contributed by atoms with E-state index in [2.05, 4.69) is 10.6 Å². The highest BCUT2D eigenvalue weighted by Gasteiger charge is 2.33. The predicted octanol–water partition coefficient (Wildman–Crippen LogP) is 6.41. The Morgan fingerprint density at radius 1 is 0.594 bits per heavy atom. The van der Waals surface area contributed by atoms with Crippen LogP contribution in [-0.4, -0.2) is 13.1 Å². The zero-order valence-corrected chi connectivity index (χ0v) is 17.7. The molecule has 0 heterocycles. The highest BCUT2D eigenvalue weighted by Crippen LogP contribution is 2.33. The van der Waals surface area contributed by atoms with Gasteiger partial charge in [0.25, 0.3) is 0 Å². The van der Waals surface area contributed by atoms with Gasteiger partial charge in [-0.1, -0.05) is 36.4 Å². The van der Waals surface area contributed by atoms with E-state index in [9.17, 15) is 26.3 Å². The van der Waals surface area contributed by atoms with E-state index >= 15 is 0 Å². The summed E-state index contributed by atoms with van der Waals surface area (Å²) < 4.78 is 78.4. The Morgan fingerprint density at radius 3 is 1.28 bits per heavy atom. The SMILES string of the molecule is FC(F)(F)c1ccccc1CNCC1CCC(CNCc2ccccc2C(F)(F)F)CC1. The molecule has 2 aromatic carbocycles. The molecule has 1 saturated carbocycles. The van der Waals surface area contributed by atoms with Crippen LogP contribution in [0.2, 0.25) is 0 Å². The van der Waals surface area contributed by atoms with Gasteiger partial charge in [-0.15, -0.1) is 0 Å². The molecule has 1 aliphatic carbocycles. The van der Waals surface area contributed by atoms with Gasteiger partial charge in [0.2, 0.25) is 0 Å². The van der Waals surface area contributed by atoms with Crippen LogP contribution in [0.5, 0.6) is 0 Å². The summed E-state index contributed by atoms with van der Waals surface area (Å²) in [6.07, 6.45) is -4.88. The number of rotatable bonds is 8. The standard InChI is InChI=1S/C24H28F6N2/c25-23(26,27)21-7-3-1-5-19(21)15-31-13-17-9-11-18(12-10-17)14-32-16-20-6-2-4-8-22(20)24(28,29)30/h1-8,17-18,31-32H,9-16H2. The molecule has 0 atom stereocenters. The van der Waals surface area contributed by atoms with E-state index in [1.165, 1.54) is 24.3 Å². The molecule has 3 rings (SSSR count). The van der Waals surface area contributed by atoms with Crippen molar-refractivity contribution in [2.45, 2.75) is 51.1 Å². The third kappa shape index (κ3) is 6.97. The molecular formula is C24H28F6N2. The van der Waals surface area contributed by atoms with Crippen LogP contribution in [0.3, 0.4) is 0 Å². The van der Waals surface area contributed by atoms with Crippen molar-refractivity contribution in [1.82, 2.24) is 10.6 Å². The average Bonchev–Trinajstić information content (AvgIpc) is 2.74. The first-order chi connectivity index (χ1) is 15.1. The summed E-state index contributed by atoms with van der Waals surface area (Å²) in [5.74, 6) is 0.797. The monoisotopic (exact) mass is 458 g/mol. The van der Waals surface area contributed by atoms with E-state index < -0.39 is 23.5 Å². The Kier molecular flexibility index (Phi) is 8.22. The zero-order valence-electron chi connectivity index (χ0n) is 17.7. The van der Waals surface area contributed by atoms with E-state index in [4.69, 9.17) is 0 Å². The Morgan fingerprint density at radius 2 is 0.938 bits per heavy atom. The van der Waals surface area contributed by atoms with E-state index in [0.717, 1.165) is 37.8 Å². The van der Waals surface area contributed by atoms with E-state index in [1.54, 1.807) is 12.1 Å². The lowest BCUT2D eigenvalue weighted by molar-refractivity contribution is -0.139. The Balaban J connectivity index is 1.38. The summed E-state index contributed by atoms with van der Waals surface area (Å²) in [4.78, 5) is 0. The van der Waals surface area contributed by atoms with Gasteiger partial charge in [-0.3, -0.25) is 0 Å². The summed E-state index contributed by atoms with van der Waals surface area (Å²) >= 11 is 0. The van der Waals surface area contributed by atoms with Crippen LogP contribution in [-0.2, 0) is 25.4 Å². The lowest BCUT2D eigenvalue weighted by Crippen LogP contribution is -2.30. The molecule has 0 saturated heterocycles. The second-order valence-electron chi connectivity index (χ2n) is 8.46. The van der Waals surface area contributed by atoms with Gasteiger partial charge in [-0.05, 0) is 73.9 Å². The minimum atomic E-state index is -4.36. The highest BCUT2D eigenvalue weighted by molar-refractivity contribution is 5.30. The molecule has 0 unspecified atom stereocenters. The van der Waals surface area contributed by atoms with Crippen LogP contribution in [0.1, 0.15) is 47.9 Å². The van der Waals surface area contributed by atoms with Crippen molar-refractivity contribution >= 4 is 0 Å². The third-order valence-electron chi connectivity index (χ3n) is 6.11. The molecule has 176 valence electrons. The molecule has 2 N–H and O–H groups in total. The number of halogens is 6. The molecule has 0 amide bonds. The van der Waals surface area contributed by atoms with Gasteiger partial charge in [0.1, 0.15) is 0 Å². The minimum absolute atomic E-state index is 0.176. The average molecular weight is 458 g/mol. The van der Waals surface area contributed by atoms with Crippen molar-refractivity contribution in [2.75, 3.05) is 13.1 Å². The fourth-order valence-corrected chi connectivity index (χ4v) is 4.36. The maximum atomic E-state index is 13.1. The van der Waals surface area contributed by atoms with Gasteiger partial charge >= 0.3 is 12.4 Å². The van der Waals surface area contributed by atoms with Crippen molar-refractivity contribution in [2.24, 2.45) is 11.8 Å². The van der Waals surface area contributed by atoms with Crippen LogP contribution < -0.4 is 10.6 Å². The Hall–Kier alpha value is -2.06. The van der Waals surface area contributed by atoms with Crippen LogP contribution in [0.4, 0.5) is 26.3 Å². The summed E-state index contributed by atoms with van der Waals surface area (Å²) in [6, 6.07) is 11.2. The van der Waals surface area contributed by atoms with E-state index in [-0.39, 0.29) is 24.2 Å². The molecule has 2 nitrogen and oxygen atoms in total. The Bertz CT molecular complexity index is 783. The maximum absolute atomic E-state index is 13.1. The van der Waals surface area contributed by atoms with Crippen molar-refractivity contribution < 1.29 is 26.3 Å². The van der Waals surface area contributed by atoms with Crippen LogP contribution in [0, 0.1) is 11.8 Å². The number of hydrogen-bond acceptors (Lipinski definition) is 2. The van der Waals surface area contributed by atoms with Gasteiger partial charge in [-0.25, -0.2) is 0 Å². The summed E-state index contributed by atoms with van der Waals surface area (Å²) in [7, 11) is 0. The first kappa shape index (κ1) is 24.6. The van der Waals surface area contributed by atoms with Crippen LogP contribution in [0.15, 0.2) is 48.5 Å². The lowest BCUT2D eigenvalue weighted by Gasteiger charge is -2.29.